The zero-order valence-electron chi connectivity index (χ0n) is 13.6. The van der Waals surface area contributed by atoms with Gasteiger partial charge in [-0.15, -0.1) is 11.6 Å². The van der Waals surface area contributed by atoms with E-state index < -0.39 is 0 Å². The van der Waals surface area contributed by atoms with Gasteiger partial charge in [-0.3, -0.25) is 0 Å². The van der Waals surface area contributed by atoms with Gasteiger partial charge in [-0.25, -0.2) is 0 Å². The summed E-state index contributed by atoms with van der Waals surface area (Å²) >= 11 is 6.64. The number of hydrogen-bond acceptors (Lipinski definition) is 1. The van der Waals surface area contributed by atoms with Crippen LogP contribution in [-0.4, -0.2) is 12.0 Å². The van der Waals surface area contributed by atoms with Gasteiger partial charge < -0.3 is 4.74 Å². The Bertz CT molecular complexity index is 415. The first kappa shape index (κ1) is 16.7. The highest BCUT2D eigenvalue weighted by Crippen LogP contribution is 2.45. The van der Waals surface area contributed by atoms with Crippen LogP contribution in [0.25, 0.3) is 0 Å². The number of ether oxygens (including phenoxy) is 1. The lowest BCUT2D eigenvalue weighted by atomic mass is 9.67. The third-order valence-electron chi connectivity index (χ3n) is 5.02. The molecule has 0 N–H and O–H groups in total. The molecule has 3 atom stereocenters. The van der Waals surface area contributed by atoms with E-state index in [1.165, 1.54) is 25.7 Å². The summed E-state index contributed by atoms with van der Waals surface area (Å²) in [5, 5.41) is 0.346. The van der Waals surface area contributed by atoms with Gasteiger partial charge in [-0.2, -0.15) is 0 Å². The van der Waals surface area contributed by atoms with Gasteiger partial charge in [0.25, 0.3) is 0 Å². The number of alkyl halides is 1. The first-order chi connectivity index (χ1) is 9.99. The smallest absolute Gasteiger partial charge is 0.119 e. The SMILES string of the molecule is CC1CCC(C(C)(C)CCCOc2ccccc2)C(Cl)C1. The standard InChI is InChI=1S/C19H29ClO/c1-15-10-11-17(18(20)14-15)19(2,3)12-7-13-21-16-8-5-4-6-9-16/h4-6,8-9,15,17-18H,7,10-14H2,1-3H3. The zero-order valence-corrected chi connectivity index (χ0v) is 14.4. The summed E-state index contributed by atoms with van der Waals surface area (Å²) in [6.07, 6.45) is 6.07. The van der Waals surface area contributed by atoms with Crippen molar-refractivity contribution < 1.29 is 4.74 Å². The quantitative estimate of drug-likeness (QED) is 0.468. The third kappa shape index (κ3) is 4.92. The average Bonchev–Trinajstić information content (AvgIpc) is 2.44. The molecule has 118 valence electrons. The Hall–Kier alpha value is -0.690. The molecule has 21 heavy (non-hydrogen) atoms. The second-order valence-electron chi connectivity index (χ2n) is 7.29. The molecule has 0 aromatic heterocycles. The summed E-state index contributed by atoms with van der Waals surface area (Å²) < 4.78 is 5.80. The van der Waals surface area contributed by atoms with Gasteiger partial charge in [0.15, 0.2) is 0 Å². The molecule has 1 aromatic carbocycles. The Morgan fingerprint density at radius 2 is 1.90 bits per heavy atom. The molecule has 0 radical (unpaired) electrons. The number of hydrogen-bond donors (Lipinski definition) is 0. The minimum absolute atomic E-state index is 0.312. The van der Waals surface area contributed by atoms with Crippen molar-refractivity contribution in [1.82, 2.24) is 0 Å². The molecule has 1 aromatic rings. The molecule has 0 heterocycles. The second kappa shape index (κ2) is 7.54. The lowest BCUT2D eigenvalue weighted by Crippen LogP contribution is -2.36. The lowest BCUT2D eigenvalue weighted by molar-refractivity contribution is 0.122. The molecule has 2 rings (SSSR count). The molecule has 0 aliphatic heterocycles. The maximum atomic E-state index is 6.64. The van der Waals surface area contributed by atoms with Crippen LogP contribution in [0.15, 0.2) is 30.3 Å². The number of rotatable bonds is 6. The van der Waals surface area contributed by atoms with Gasteiger partial charge in [0.1, 0.15) is 5.75 Å². The van der Waals surface area contributed by atoms with E-state index >= 15 is 0 Å². The molecule has 0 amide bonds. The minimum Gasteiger partial charge on any atom is -0.494 e. The van der Waals surface area contributed by atoms with Gasteiger partial charge in [0, 0.05) is 5.38 Å². The summed E-state index contributed by atoms with van der Waals surface area (Å²) in [6.45, 7) is 7.88. The Morgan fingerprint density at radius 1 is 1.19 bits per heavy atom. The van der Waals surface area contributed by atoms with E-state index in [0.29, 0.717) is 16.7 Å². The normalized spacial score (nSPS) is 26.6. The van der Waals surface area contributed by atoms with Crippen molar-refractivity contribution in [3.05, 3.63) is 30.3 Å². The topological polar surface area (TPSA) is 9.23 Å². The Labute approximate surface area is 135 Å². The highest BCUT2D eigenvalue weighted by molar-refractivity contribution is 6.20. The molecule has 3 unspecified atom stereocenters. The van der Waals surface area contributed by atoms with Crippen molar-refractivity contribution in [2.75, 3.05) is 6.61 Å². The average molecular weight is 309 g/mol. The Balaban J connectivity index is 1.76. The van der Waals surface area contributed by atoms with Crippen molar-refractivity contribution in [1.29, 1.82) is 0 Å². The van der Waals surface area contributed by atoms with Gasteiger partial charge in [-0.05, 0) is 55.1 Å². The second-order valence-corrected chi connectivity index (χ2v) is 7.85. The van der Waals surface area contributed by atoms with E-state index in [0.717, 1.165) is 24.7 Å². The van der Waals surface area contributed by atoms with Crippen molar-refractivity contribution in [3.63, 3.8) is 0 Å². The number of benzene rings is 1. The molecule has 1 aliphatic rings. The van der Waals surface area contributed by atoms with Crippen LogP contribution in [0.5, 0.6) is 5.75 Å². The van der Waals surface area contributed by atoms with E-state index in [1.54, 1.807) is 0 Å². The monoisotopic (exact) mass is 308 g/mol. The van der Waals surface area contributed by atoms with Crippen molar-refractivity contribution in [2.24, 2.45) is 17.3 Å². The predicted molar refractivity (Wildman–Crippen MR) is 91.1 cm³/mol. The third-order valence-corrected chi connectivity index (χ3v) is 5.50. The Kier molecular flexibility index (Phi) is 5.98. The molecule has 0 saturated heterocycles. The van der Waals surface area contributed by atoms with Gasteiger partial charge in [0.05, 0.1) is 6.61 Å². The minimum atomic E-state index is 0.312. The van der Waals surface area contributed by atoms with Crippen LogP contribution in [0.2, 0.25) is 0 Å². The maximum Gasteiger partial charge on any atom is 0.119 e. The highest BCUT2D eigenvalue weighted by atomic mass is 35.5. The lowest BCUT2D eigenvalue weighted by Gasteiger charge is -2.42. The number of para-hydroxylation sites is 1. The molecule has 2 heteroatoms. The summed E-state index contributed by atoms with van der Waals surface area (Å²) in [5.41, 5.74) is 0.312. The molecular weight excluding hydrogens is 280 g/mol. The molecule has 1 fully saturated rings. The molecule has 1 aliphatic carbocycles. The van der Waals surface area contributed by atoms with Gasteiger partial charge in [-0.1, -0.05) is 45.4 Å². The van der Waals surface area contributed by atoms with Crippen LogP contribution >= 0.6 is 11.6 Å². The first-order valence-electron chi connectivity index (χ1n) is 8.31. The number of halogens is 1. The van der Waals surface area contributed by atoms with Crippen LogP contribution in [0.1, 0.15) is 52.9 Å². The summed E-state index contributed by atoms with van der Waals surface area (Å²) in [5.74, 6) is 2.41. The molecular formula is C19H29ClO. The summed E-state index contributed by atoms with van der Waals surface area (Å²) in [4.78, 5) is 0. The van der Waals surface area contributed by atoms with E-state index in [-0.39, 0.29) is 0 Å². The fourth-order valence-corrected chi connectivity index (χ4v) is 4.38. The van der Waals surface area contributed by atoms with Gasteiger partial charge >= 0.3 is 0 Å². The molecule has 0 spiro atoms. The summed E-state index contributed by atoms with van der Waals surface area (Å²) in [6, 6.07) is 10.1. The predicted octanol–water partition coefficient (Wildman–Crippen LogP) is 5.92. The van der Waals surface area contributed by atoms with Crippen LogP contribution in [-0.2, 0) is 0 Å². The van der Waals surface area contributed by atoms with Crippen molar-refractivity contribution >= 4 is 11.6 Å². The Morgan fingerprint density at radius 3 is 2.57 bits per heavy atom. The van der Waals surface area contributed by atoms with Crippen LogP contribution in [0.3, 0.4) is 0 Å². The van der Waals surface area contributed by atoms with E-state index in [9.17, 15) is 0 Å². The largest absolute Gasteiger partial charge is 0.494 e. The van der Waals surface area contributed by atoms with Crippen LogP contribution < -0.4 is 4.74 Å². The zero-order chi connectivity index (χ0) is 15.3. The fourth-order valence-electron chi connectivity index (χ4n) is 3.61. The van der Waals surface area contributed by atoms with E-state index in [2.05, 4.69) is 20.8 Å². The van der Waals surface area contributed by atoms with Crippen molar-refractivity contribution in [3.8, 4) is 5.75 Å². The summed E-state index contributed by atoms with van der Waals surface area (Å²) in [7, 11) is 0. The van der Waals surface area contributed by atoms with Crippen LogP contribution in [0, 0.1) is 17.3 Å². The fraction of sp³-hybridized carbons (Fsp3) is 0.684. The maximum absolute atomic E-state index is 6.64. The van der Waals surface area contributed by atoms with Crippen LogP contribution in [0.4, 0.5) is 0 Å². The molecule has 1 saturated carbocycles. The highest BCUT2D eigenvalue weighted by Gasteiger charge is 2.37. The van der Waals surface area contributed by atoms with E-state index in [4.69, 9.17) is 16.3 Å². The van der Waals surface area contributed by atoms with E-state index in [1.807, 2.05) is 30.3 Å². The first-order valence-corrected chi connectivity index (χ1v) is 8.74. The molecule has 0 bridgehead atoms. The molecule has 1 nitrogen and oxygen atoms in total. The van der Waals surface area contributed by atoms with Gasteiger partial charge in [0.2, 0.25) is 0 Å². The van der Waals surface area contributed by atoms with Crippen molar-refractivity contribution in [2.45, 2.75) is 58.3 Å².